The first-order valence-corrected chi connectivity index (χ1v) is 14.0. The Bertz CT molecular complexity index is 1470. The molecule has 1 aliphatic heterocycles. The van der Waals surface area contributed by atoms with Crippen LogP contribution in [0.4, 0.5) is 0 Å². The Kier molecular flexibility index (Phi) is 9.01. The Morgan fingerprint density at radius 3 is 2.29 bits per heavy atom. The third-order valence-electron chi connectivity index (χ3n) is 7.86. The number of pyridine rings is 2. The molecule has 0 bridgehead atoms. The Hall–Kier alpha value is -4.56. The molecule has 0 saturated carbocycles. The number of carbonyl (C=O) groups excluding carboxylic acids is 2. The molecule has 1 aliphatic carbocycles. The number of rotatable bonds is 6. The fourth-order valence-electron chi connectivity index (χ4n) is 5.77. The van der Waals surface area contributed by atoms with E-state index in [-0.39, 0.29) is 0 Å². The van der Waals surface area contributed by atoms with Gasteiger partial charge in [-0.25, -0.2) is 0 Å². The van der Waals surface area contributed by atoms with Crippen LogP contribution in [0, 0.1) is 0 Å². The number of benzene rings is 2. The zero-order valence-corrected chi connectivity index (χ0v) is 23.0. The number of piperidine rings is 1. The second-order valence-electron chi connectivity index (χ2n) is 10.4. The summed E-state index contributed by atoms with van der Waals surface area (Å²) in [6.07, 6.45) is 12.0. The highest BCUT2D eigenvalue weighted by Crippen LogP contribution is 2.40. The van der Waals surface area contributed by atoms with Crippen molar-refractivity contribution in [1.82, 2.24) is 14.9 Å². The summed E-state index contributed by atoms with van der Waals surface area (Å²) in [5.74, 6) is 0.878. The number of primary amides is 2. The molecule has 41 heavy (non-hydrogen) atoms. The van der Waals surface area contributed by atoms with Crippen molar-refractivity contribution in [2.45, 2.75) is 44.1 Å². The Balaban J connectivity index is 0.000000321. The van der Waals surface area contributed by atoms with Crippen molar-refractivity contribution in [1.29, 1.82) is 0 Å². The van der Waals surface area contributed by atoms with Crippen molar-refractivity contribution in [3.05, 3.63) is 119 Å². The number of fused-ring (bicyclic) bond motifs is 1. The summed E-state index contributed by atoms with van der Waals surface area (Å²) in [4.78, 5) is 32.4. The normalized spacial score (nSPS) is 17.0. The first-order valence-electron chi connectivity index (χ1n) is 14.0. The Morgan fingerprint density at radius 1 is 0.829 bits per heavy atom. The van der Waals surface area contributed by atoms with E-state index in [0.717, 1.165) is 25.3 Å². The molecular weight excluding hydrogens is 514 g/mol. The largest absolute Gasteiger partial charge is 0.456 e. The molecule has 210 valence electrons. The van der Waals surface area contributed by atoms with Crippen molar-refractivity contribution in [3.8, 4) is 11.5 Å². The lowest BCUT2D eigenvalue weighted by Crippen LogP contribution is -2.37. The molecule has 1 atom stereocenters. The van der Waals surface area contributed by atoms with Crippen LogP contribution in [-0.2, 0) is 6.42 Å². The molecule has 2 aromatic heterocycles. The van der Waals surface area contributed by atoms with Gasteiger partial charge in [0, 0.05) is 30.8 Å². The van der Waals surface area contributed by atoms with Gasteiger partial charge in [-0.3, -0.25) is 24.5 Å². The summed E-state index contributed by atoms with van der Waals surface area (Å²) in [5, 5.41) is 0. The number of carbonyl (C=O) groups is 2. The zero-order valence-electron chi connectivity index (χ0n) is 23.0. The van der Waals surface area contributed by atoms with Crippen LogP contribution >= 0.6 is 0 Å². The van der Waals surface area contributed by atoms with Gasteiger partial charge in [0.1, 0.15) is 17.1 Å². The van der Waals surface area contributed by atoms with Crippen LogP contribution in [0.25, 0.3) is 0 Å². The number of likely N-dealkylation sites (tertiary alicyclic amines) is 1. The second-order valence-corrected chi connectivity index (χ2v) is 10.4. The fourth-order valence-corrected chi connectivity index (χ4v) is 5.77. The van der Waals surface area contributed by atoms with E-state index in [2.05, 4.69) is 57.3 Å². The summed E-state index contributed by atoms with van der Waals surface area (Å²) in [6.45, 7) is 2.28. The van der Waals surface area contributed by atoms with Crippen LogP contribution in [0.2, 0.25) is 0 Å². The lowest BCUT2D eigenvalue weighted by atomic mass is 9.83. The third kappa shape index (κ3) is 6.96. The van der Waals surface area contributed by atoms with Gasteiger partial charge in [-0.2, -0.15) is 0 Å². The molecule has 2 amide bonds. The van der Waals surface area contributed by atoms with Crippen molar-refractivity contribution in [3.63, 3.8) is 0 Å². The monoisotopic (exact) mass is 549 g/mol. The molecular formula is C33H35N5O3. The lowest BCUT2D eigenvalue weighted by molar-refractivity contribution is 0.0990. The first kappa shape index (κ1) is 28.0. The van der Waals surface area contributed by atoms with Gasteiger partial charge in [0.15, 0.2) is 0 Å². The summed E-state index contributed by atoms with van der Waals surface area (Å²) in [7, 11) is 0. The smallest absolute Gasteiger partial charge is 0.254 e. The van der Waals surface area contributed by atoms with Crippen molar-refractivity contribution in [2.75, 3.05) is 13.1 Å². The highest BCUT2D eigenvalue weighted by atomic mass is 16.5. The molecule has 1 fully saturated rings. The summed E-state index contributed by atoms with van der Waals surface area (Å²) in [6, 6.07) is 22.7. The molecule has 4 N–H and O–H groups in total. The van der Waals surface area contributed by atoms with Gasteiger partial charge < -0.3 is 16.2 Å². The van der Waals surface area contributed by atoms with E-state index in [1.54, 1.807) is 30.6 Å². The van der Waals surface area contributed by atoms with Crippen molar-refractivity contribution >= 4 is 11.8 Å². The summed E-state index contributed by atoms with van der Waals surface area (Å²) >= 11 is 0. The van der Waals surface area contributed by atoms with Gasteiger partial charge in [0.05, 0.1) is 5.56 Å². The molecule has 2 aromatic carbocycles. The number of hydrogen-bond donors (Lipinski definition) is 2. The number of hydrogen-bond acceptors (Lipinski definition) is 6. The second kappa shape index (κ2) is 13.2. The van der Waals surface area contributed by atoms with E-state index in [9.17, 15) is 9.59 Å². The quantitative estimate of drug-likeness (QED) is 0.331. The van der Waals surface area contributed by atoms with Crippen LogP contribution in [0.5, 0.6) is 11.5 Å². The van der Waals surface area contributed by atoms with Gasteiger partial charge in [0.2, 0.25) is 5.91 Å². The molecule has 0 spiro atoms. The molecule has 4 aromatic rings. The molecule has 0 radical (unpaired) electrons. The van der Waals surface area contributed by atoms with Crippen LogP contribution in [0.15, 0.2) is 91.5 Å². The topological polar surface area (TPSA) is 124 Å². The van der Waals surface area contributed by atoms with E-state index in [0.29, 0.717) is 28.8 Å². The predicted octanol–water partition coefficient (Wildman–Crippen LogP) is 5.41. The van der Waals surface area contributed by atoms with Gasteiger partial charge in [-0.15, -0.1) is 0 Å². The van der Waals surface area contributed by atoms with Crippen LogP contribution in [0.3, 0.4) is 0 Å². The summed E-state index contributed by atoms with van der Waals surface area (Å²) in [5.41, 5.74) is 15.4. The molecule has 8 heteroatoms. The average Bonchev–Trinajstić information content (AvgIpc) is 3.02. The van der Waals surface area contributed by atoms with E-state index in [1.807, 2.05) is 6.07 Å². The molecule has 6 rings (SSSR count). The van der Waals surface area contributed by atoms with Crippen molar-refractivity contribution in [2.24, 2.45) is 11.5 Å². The Labute approximate surface area is 240 Å². The SMILES string of the molecule is NC(=O)c1cccnc1.NC(=O)c1cnccc1Oc1ccc2c(c1)CCCC2N1CCC(c2ccccc2)CC1. The van der Waals surface area contributed by atoms with E-state index in [1.165, 1.54) is 54.8 Å². The number of nitrogens with two attached hydrogens (primary N) is 2. The highest BCUT2D eigenvalue weighted by molar-refractivity contribution is 5.95. The van der Waals surface area contributed by atoms with Gasteiger partial charge >= 0.3 is 0 Å². The van der Waals surface area contributed by atoms with E-state index >= 15 is 0 Å². The number of nitrogens with zero attached hydrogens (tertiary/aromatic N) is 3. The standard InChI is InChI=1S/C27H29N3O2.C6H6N2O/c28-27(31)24-18-29-14-11-26(24)32-22-9-10-23-21(17-22)7-4-8-25(23)30-15-12-20(13-16-30)19-5-2-1-3-6-19;7-6(9)5-2-1-3-8-4-5/h1-3,5-6,9-11,14,17-18,20,25H,4,7-8,12-13,15-16H2,(H2,28,31);1-4H,(H2,7,9). The molecule has 1 saturated heterocycles. The van der Waals surface area contributed by atoms with Gasteiger partial charge in [0.25, 0.3) is 5.91 Å². The molecule has 2 aliphatic rings. The third-order valence-corrected chi connectivity index (χ3v) is 7.86. The minimum Gasteiger partial charge on any atom is -0.456 e. The minimum atomic E-state index is -0.537. The van der Waals surface area contributed by atoms with Crippen LogP contribution in [0.1, 0.15) is 75.0 Å². The highest BCUT2D eigenvalue weighted by Gasteiger charge is 2.30. The van der Waals surface area contributed by atoms with Crippen LogP contribution in [-0.4, -0.2) is 39.8 Å². The number of ether oxygens (including phenoxy) is 1. The fraction of sp³-hybridized carbons (Fsp3) is 0.273. The van der Waals surface area contributed by atoms with Gasteiger partial charge in [-0.05, 0) is 98.1 Å². The predicted molar refractivity (Wildman–Crippen MR) is 158 cm³/mol. The maximum atomic E-state index is 11.7. The lowest BCUT2D eigenvalue weighted by Gasteiger charge is -2.40. The van der Waals surface area contributed by atoms with Crippen molar-refractivity contribution < 1.29 is 14.3 Å². The molecule has 8 nitrogen and oxygen atoms in total. The van der Waals surface area contributed by atoms with Crippen LogP contribution < -0.4 is 16.2 Å². The zero-order chi connectivity index (χ0) is 28.6. The minimum absolute atomic E-state index is 0.296. The number of aromatic nitrogens is 2. The molecule has 3 heterocycles. The number of amides is 2. The van der Waals surface area contributed by atoms with E-state index < -0.39 is 11.8 Å². The first-order chi connectivity index (χ1) is 20.0. The van der Waals surface area contributed by atoms with Gasteiger partial charge in [-0.1, -0.05) is 36.4 Å². The number of aryl methyl sites for hydroxylation is 1. The maximum absolute atomic E-state index is 11.7. The summed E-state index contributed by atoms with van der Waals surface area (Å²) < 4.78 is 6.03. The maximum Gasteiger partial charge on any atom is 0.254 e. The average molecular weight is 550 g/mol. The molecule has 1 unspecified atom stereocenters. The Morgan fingerprint density at radius 2 is 1.61 bits per heavy atom. The van der Waals surface area contributed by atoms with E-state index in [4.69, 9.17) is 16.2 Å².